The summed E-state index contributed by atoms with van der Waals surface area (Å²) < 4.78 is 5.05. The van der Waals surface area contributed by atoms with Gasteiger partial charge in [-0.1, -0.05) is 35.9 Å². The van der Waals surface area contributed by atoms with E-state index in [-0.39, 0.29) is 5.97 Å². The standard InChI is InChI=1S/C21H26N2O2S2/c1-4-25-20(24)18-9-8-16(3)19(13-18)23-21(26)22-10-11-27-14-17-7-5-6-15(2)12-17/h5-9,12-13H,4,10-11,14H2,1-3H3,(H2,22,23,26). The van der Waals surface area contributed by atoms with Gasteiger partial charge < -0.3 is 15.4 Å². The quantitative estimate of drug-likeness (QED) is 0.379. The second-order valence-corrected chi connectivity index (χ2v) is 7.69. The van der Waals surface area contributed by atoms with E-state index < -0.39 is 0 Å². The number of carbonyl (C=O) groups is 1. The highest BCUT2D eigenvalue weighted by Gasteiger charge is 2.09. The van der Waals surface area contributed by atoms with E-state index in [9.17, 15) is 4.79 Å². The highest BCUT2D eigenvalue weighted by molar-refractivity contribution is 7.98. The Balaban J connectivity index is 1.76. The highest BCUT2D eigenvalue weighted by Crippen LogP contribution is 2.18. The smallest absolute Gasteiger partial charge is 0.338 e. The Bertz CT molecular complexity index is 794. The Morgan fingerprint density at radius 3 is 2.74 bits per heavy atom. The molecular formula is C21H26N2O2S2. The number of thioether (sulfide) groups is 1. The van der Waals surface area contributed by atoms with Crippen molar-refractivity contribution >= 4 is 40.7 Å². The molecule has 0 heterocycles. The van der Waals surface area contributed by atoms with E-state index >= 15 is 0 Å². The molecule has 27 heavy (non-hydrogen) atoms. The second-order valence-electron chi connectivity index (χ2n) is 6.17. The van der Waals surface area contributed by atoms with Gasteiger partial charge in [0, 0.05) is 23.7 Å². The molecular weight excluding hydrogens is 376 g/mol. The third-order valence-electron chi connectivity index (χ3n) is 3.88. The fourth-order valence-corrected chi connectivity index (χ4v) is 3.51. The van der Waals surface area contributed by atoms with Gasteiger partial charge in [0.15, 0.2) is 5.11 Å². The first-order valence-corrected chi connectivity index (χ1v) is 10.5. The number of aryl methyl sites for hydroxylation is 2. The summed E-state index contributed by atoms with van der Waals surface area (Å²) in [5, 5.41) is 6.93. The average molecular weight is 403 g/mol. The van der Waals surface area contributed by atoms with Crippen molar-refractivity contribution in [3.8, 4) is 0 Å². The summed E-state index contributed by atoms with van der Waals surface area (Å²) in [6.07, 6.45) is 0. The van der Waals surface area contributed by atoms with Gasteiger partial charge >= 0.3 is 5.97 Å². The number of rotatable bonds is 8. The first kappa shape index (κ1) is 21.3. The Morgan fingerprint density at radius 2 is 2.00 bits per heavy atom. The van der Waals surface area contributed by atoms with Gasteiger partial charge in [-0.25, -0.2) is 4.79 Å². The number of hydrogen-bond acceptors (Lipinski definition) is 4. The summed E-state index contributed by atoms with van der Waals surface area (Å²) in [7, 11) is 0. The van der Waals surface area contributed by atoms with Crippen LogP contribution in [0.25, 0.3) is 0 Å². The van der Waals surface area contributed by atoms with Gasteiger partial charge in [0.1, 0.15) is 0 Å². The Kier molecular flexibility index (Phi) is 8.61. The van der Waals surface area contributed by atoms with Gasteiger partial charge in [-0.2, -0.15) is 11.8 Å². The zero-order chi connectivity index (χ0) is 19.6. The maximum absolute atomic E-state index is 11.9. The molecule has 0 spiro atoms. The average Bonchev–Trinajstić information content (AvgIpc) is 2.63. The van der Waals surface area contributed by atoms with Gasteiger partial charge in [-0.05, 0) is 56.2 Å². The van der Waals surface area contributed by atoms with Gasteiger partial charge in [0.05, 0.1) is 12.2 Å². The molecule has 0 saturated heterocycles. The maximum Gasteiger partial charge on any atom is 0.338 e. The molecule has 0 saturated carbocycles. The fraction of sp³-hybridized carbons (Fsp3) is 0.333. The van der Waals surface area contributed by atoms with E-state index in [2.05, 4.69) is 41.8 Å². The molecule has 0 aliphatic carbocycles. The Hall–Kier alpha value is -2.05. The second kappa shape index (κ2) is 10.9. The van der Waals surface area contributed by atoms with Gasteiger partial charge in [0.25, 0.3) is 0 Å². The van der Waals surface area contributed by atoms with Crippen molar-refractivity contribution in [2.75, 3.05) is 24.2 Å². The molecule has 0 radical (unpaired) electrons. The lowest BCUT2D eigenvalue weighted by molar-refractivity contribution is 0.0526. The Labute approximate surface area is 171 Å². The lowest BCUT2D eigenvalue weighted by Crippen LogP contribution is -2.30. The molecule has 144 valence electrons. The van der Waals surface area contributed by atoms with Crippen LogP contribution in [-0.4, -0.2) is 30.0 Å². The molecule has 2 N–H and O–H groups in total. The lowest BCUT2D eigenvalue weighted by atomic mass is 10.1. The van der Waals surface area contributed by atoms with Crippen LogP contribution >= 0.6 is 24.0 Å². The van der Waals surface area contributed by atoms with E-state index in [1.807, 2.05) is 24.8 Å². The van der Waals surface area contributed by atoms with E-state index in [4.69, 9.17) is 17.0 Å². The van der Waals surface area contributed by atoms with Crippen LogP contribution in [0.1, 0.15) is 34.0 Å². The van der Waals surface area contributed by atoms with Crippen molar-refractivity contribution in [3.05, 3.63) is 64.7 Å². The molecule has 0 aliphatic heterocycles. The first-order chi connectivity index (χ1) is 13.0. The number of nitrogens with one attached hydrogen (secondary N) is 2. The molecule has 0 aromatic heterocycles. The summed E-state index contributed by atoms with van der Waals surface area (Å²) in [6.45, 7) is 7.01. The van der Waals surface area contributed by atoms with E-state index in [0.717, 1.165) is 29.3 Å². The molecule has 4 nitrogen and oxygen atoms in total. The van der Waals surface area contributed by atoms with Crippen molar-refractivity contribution < 1.29 is 9.53 Å². The summed E-state index contributed by atoms with van der Waals surface area (Å²) in [5.41, 5.74) is 4.97. The summed E-state index contributed by atoms with van der Waals surface area (Å²) >= 11 is 7.24. The van der Waals surface area contributed by atoms with E-state index in [1.165, 1.54) is 11.1 Å². The molecule has 0 aliphatic rings. The SMILES string of the molecule is CCOC(=O)c1ccc(C)c(NC(=S)NCCSCc2cccc(C)c2)c1. The molecule has 0 amide bonds. The normalized spacial score (nSPS) is 10.3. The molecule has 2 aromatic rings. The third kappa shape index (κ3) is 7.23. The maximum atomic E-state index is 11.9. The van der Waals surface area contributed by atoms with Crippen LogP contribution in [0, 0.1) is 13.8 Å². The van der Waals surface area contributed by atoms with Crippen LogP contribution in [0.5, 0.6) is 0 Å². The van der Waals surface area contributed by atoms with Crippen LogP contribution in [0.4, 0.5) is 5.69 Å². The van der Waals surface area contributed by atoms with Gasteiger partial charge in [-0.3, -0.25) is 0 Å². The van der Waals surface area contributed by atoms with Crippen LogP contribution in [0.2, 0.25) is 0 Å². The van der Waals surface area contributed by atoms with E-state index in [1.54, 1.807) is 19.1 Å². The molecule has 2 aromatic carbocycles. The predicted molar refractivity (Wildman–Crippen MR) is 119 cm³/mol. The summed E-state index contributed by atoms with van der Waals surface area (Å²) in [6, 6.07) is 14.0. The van der Waals surface area contributed by atoms with Crippen LogP contribution in [-0.2, 0) is 10.5 Å². The largest absolute Gasteiger partial charge is 0.462 e. The first-order valence-electron chi connectivity index (χ1n) is 8.95. The molecule has 0 fully saturated rings. The fourth-order valence-electron chi connectivity index (χ4n) is 2.49. The van der Waals surface area contributed by atoms with Crippen molar-refractivity contribution in [2.45, 2.75) is 26.5 Å². The zero-order valence-corrected chi connectivity index (χ0v) is 17.6. The molecule has 0 bridgehead atoms. The topological polar surface area (TPSA) is 50.4 Å². The third-order valence-corrected chi connectivity index (χ3v) is 5.16. The van der Waals surface area contributed by atoms with Gasteiger partial charge in [-0.15, -0.1) is 0 Å². The number of ether oxygens (including phenoxy) is 1. The minimum absolute atomic E-state index is 0.327. The number of benzene rings is 2. The monoisotopic (exact) mass is 402 g/mol. The van der Waals surface area contributed by atoms with Crippen molar-refractivity contribution in [2.24, 2.45) is 0 Å². The lowest BCUT2D eigenvalue weighted by Gasteiger charge is -2.13. The van der Waals surface area contributed by atoms with Gasteiger partial charge in [0.2, 0.25) is 0 Å². The van der Waals surface area contributed by atoms with Crippen LogP contribution in [0.3, 0.4) is 0 Å². The predicted octanol–water partition coefficient (Wildman–Crippen LogP) is 4.70. The Morgan fingerprint density at radius 1 is 1.19 bits per heavy atom. The summed E-state index contributed by atoms with van der Waals surface area (Å²) in [5.74, 6) is 1.62. The van der Waals surface area contributed by atoms with Crippen molar-refractivity contribution in [3.63, 3.8) is 0 Å². The van der Waals surface area contributed by atoms with Crippen molar-refractivity contribution in [1.82, 2.24) is 5.32 Å². The summed E-state index contributed by atoms with van der Waals surface area (Å²) in [4.78, 5) is 11.9. The highest BCUT2D eigenvalue weighted by atomic mass is 32.2. The van der Waals surface area contributed by atoms with E-state index in [0.29, 0.717) is 17.3 Å². The number of thiocarbonyl (C=S) groups is 1. The number of esters is 1. The zero-order valence-electron chi connectivity index (χ0n) is 16.0. The molecule has 2 rings (SSSR count). The molecule has 0 atom stereocenters. The number of anilines is 1. The van der Waals surface area contributed by atoms with Crippen molar-refractivity contribution in [1.29, 1.82) is 0 Å². The minimum Gasteiger partial charge on any atom is -0.462 e. The van der Waals surface area contributed by atoms with Crippen LogP contribution in [0.15, 0.2) is 42.5 Å². The molecule has 6 heteroatoms. The number of carbonyl (C=O) groups excluding carboxylic acids is 1. The number of hydrogen-bond donors (Lipinski definition) is 2. The minimum atomic E-state index is -0.327. The molecule has 0 unspecified atom stereocenters. The van der Waals surface area contributed by atoms with Crippen LogP contribution < -0.4 is 10.6 Å².